The number of hydrogen-bond donors (Lipinski definition) is 1. The predicted molar refractivity (Wildman–Crippen MR) is 137 cm³/mol. The monoisotopic (exact) mass is 487 g/mol. The van der Waals surface area contributed by atoms with E-state index in [0.29, 0.717) is 12.1 Å². The second-order valence-corrected chi connectivity index (χ2v) is 11.1. The number of benzene rings is 2. The smallest absolute Gasteiger partial charge is 0.244 e. The van der Waals surface area contributed by atoms with E-state index in [1.54, 1.807) is 6.07 Å². The first-order valence-electron chi connectivity index (χ1n) is 11.5. The molecule has 2 amide bonds. The van der Waals surface area contributed by atoms with Crippen molar-refractivity contribution >= 4 is 27.5 Å². The lowest BCUT2D eigenvalue weighted by Crippen LogP contribution is -2.53. The Morgan fingerprint density at radius 3 is 2.18 bits per heavy atom. The molecule has 1 atom stereocenters. The maximum atomic E-state index is 13.7. The molecular formula is C26H37N3O4S. The van der Waals surface area contributed by atoms with Gasteiger partial charge in [-0.2, -0.15) is 0 Å². The lowest BCUT2D eigenvalue weighted by Gasteiger charge is -2.33. The van der Waals surface area contributed by atoms with Crippen LogP contribution in [0.5, 0.6) is 0 Å². The highest BCUT2D eigenvalue weighted by molar-refractivity contribution is 7.92. The minimum absolute atomic E-state index is 0.0832. The molecule has 8 heteroatoms. The highest BCUT2D eigenvalue weighted by Gasteiger charge is 2.32. The van der Waals surface area contributed by atoms with Gasteiger partial charge in [-0.3, -0.25) is 13.9 Å². The molecule has 2 aromatic carbocycles. The van der Waals surface area contributed by atoms with E-state index in [4.69, 9.17) is 0 Å². The molecule has 2 rings (SSSR count). The molecule has 0 bridgehead atoms. The highest BCUT2D eigenvalue weighted by Crippen LogP contribution is 2.24. The van der Waals surface area contributed by atoms with E-state index in [1.165, 1.54) is 4.90 Å². The van der Waals surface area contributed by atoms with Crippen molar-refractivity contribution in [2.24, 2.45) is 0 Å². The van der Waals surface area contributed by atoms with Crippen LogP contribution in [0.25, 0.3) is 0 Å². The van der Waals surface area contributed by atoms with Gasteiger partial charge in [-0.1, -0.05) is 54.4 Å². The Hall–Kier alpha value is -2.87. The molecule has 0 spiro atoms. The first kappa shape index (κ1) is 27.4. The van der Waals surface area contributed by atoms with Crippen LogP contribution in [0.4, 0.5) is 5.69 Å². The van der Waals surface area contributed by atoms with Crippen LogP contribution in [0.2, 0.25) is 0 Å². The predicted octanol–water partition coefficient (Wildman–Crippen LogP) is 3.71. The van der Waals surface area contributed by atoms with Gasteiger partial charge in [0.25, 0.3) is 0 Å². The Kier molecular flexibility index (Phi) is 9.27. The molecule has 0 radical (unpaired) electrons. The Balaban J connectivity index is 2.48. The third-order valence-electron chi connectivity index (χ3n) is 5.55. The molecule has 34 heavy (non-hydrogen) atoms. The summed E-state index contributed by atoms with van der Waals surface area (Å²) in [7, 11) is -3.75. The number of sulfonamides is 1. The normalized spacial score (nSPS) is 12.4. The number of carbonyl (C=O) groups excluding carboxylic acids is 2. The van der Waals surface area contributed by atoms with Gasteiger partial charge in [-0.15, -0.1) is 0 Å². The van der Waals surface area contributed by atoms with Crippen molar-refractivity contribution in [3.05, 3.63) is 64.7 Å². The third kappa shape index (κ3) is 7.32. The van der Waals surface area contributed by atoms with Crippen LogP contribution in [0.3, 0.4) is 0 Å². The largest absolute Gasteiger partial charge is 0.352 e. The Morgan fingerprint density at radius 2 is 1.65 bits per heavy atom. The van der Waals surface area contributed by atoms with Crippen LogP contribution in [-0.2, 0) is 26.2 Å². The quantitative estimate of drug-likeness (QED) is 0.554. The summed E-state index contributed by atoms with van der Waals surface area (Å²) in [6, 6.07) is 12.3. The molecular weight excluding hydrogens is 450 g/mol. The molecule has 0 fully saturated rings. The first-order valence-corrected chi connectivity index (χ1v) is 13.4. The van der Waals surface area contributed by atoms with Gasteiger partial charge in [0.2, 0.25) is 21.8 Å². The second-order valence-electron chi connectivity index (χ2n) is 9.16. The lowest BCUT2D eigenvalue weighted by atomic mass is 10.1. The van der Waals surface area contributed by atoms with Gasteiger partial charge >= 0.3 is 0 Å². The summed E-state index contributed by atoms with van der Waals surface area (Å²) in [5.74, 6) is -0.686. The molecule has 7 nitrogen and oxygen atoms in total. The number of nitrogens with zero attached hydrogens (tertiary/aromatic N) is 2. The topological polar surface area (TPSA) is 86.8 Å². The van der Waals surface area contributed by atoms with E-state index in [1.807, 2.05) is 77.9 Å². The second kappa shape index (κ2) is 11.5. The average molecular weight is 488 g/mol. The van der Waals surface area contributed by atoms with Gasteiger partial charge < -0.3 is 10.2 Å². The minimum atomic E-state index is -3.75. The van der Waals surface area contributed by atoms with Gasteiger partial charge in [-0.25, -0.2) is 8.42 Å². The molecule has 0 aromatic heterocycles. The molecule has 0 saturated heterocycles. The summed E-state index contributed by atoms with van der Waals surface area (Å²) in [5.41, 5.74) is 4.13. The average Bonchev–Trinajstić information content (AvgIpc) is 2.71. The number of anilines is 1. The SMILES string of the molecule is CC[C@H](C(=O)NC(C)C)N(Cc1cccc(C)c1)C(=O)CN(c1ccc(C)cc1C)S(C)(=O)=O. The molecule has 0 heterocycles. The maximum absolute atomic E-state index is 13.7. The number of nitrogens with one attached hydrogen (secondary N) is 1. The zero-order valence-corrected chi connectivity index (χ0v) is 22.1. The summed E-state index contributed by atoms with van der Waals surface area (Å²) in [6.45, 7) is 11.1. The van der Waals surface area contributed by atoms with Crippen LogP contribution in [0.15, 0.2) is 42.5 Å². The molecule has 0 aliphatic heterocycles. The summed E-state index contributed by atoms with van der Waals surface area (Å²) < 4.78 is 26.6. The Labute approximate surface area is 204 Å². The van der Waals surface area contributed by atoms with Crippen LogP contribution in [-0.4, -0.2) is 50.0 Å². The number of aryl methyl sites for hydroxylation is 3. The lowest BCUT2D eigenvalue weighted by molar-refractivity contribution is -0.140. The Morgan fingerprint density at radius 1 is 1.00 bits per heavy atom. The van der Waals surface area contributed by atoms with Gasteiger partial charge in [-0.05, 0) is 58.2 Å². The summed E-state index contributed by atoms with van der Waals surface area (Å²) in [6.07, 6.45) is 1.49. The molecule has 0 aliphatic rings. The van der Waals surface area contributed by atoms with Gasteiger partial charge in [0, 0.05) is 12.6 Å². The van der Waals surface area contributed by atoms with Crippen LogP contribution in [0.1, 0.15) is 49.4 Å². The van der Waals surface area contributed by atoms with Crippen molar-refractivity contribution in [1.29, 1.82) is 0 Å². The van der Waals surface area contributed by atoms with E-state index < -0.39 is 22.0 Å². The number of hydrogen-bond acceptors (Lipinski definition) is 4. The summed E-state index contributed by atoms with van der Waals surface area (Å²) in [5, 5.41) is 2.89. The van der Waals surface area contributed by atoms with Gasteiger partial charge in [0.15, 0.2) is 0 Å². The number of rotatable bonds is 10. The molecule has 186 valence electrons. The fourth-order valence-corrected chi connectivity index (χ4v) is 4.89. The standard InChI is InChI=1S/C26H37N3O4S/c1-8-23(26(31)27-18(2)3)28(16-22-11-9-10-19(4)15-22)25(30)17-29(34(7,32)33)24-13-12-20(5)14-21(24)6/h9-15,18,23H,8,16-17H2,1-7H3,(H,27,31)/t23-/m1/s1. The molecule has 0 aliphatic carbocycles. The number of carbonyl (C=O) groups is 2. The fourth-order valence-electron chi connectivity index (χ4n) is 3.99. The van der Waals surface area contributed by atoms with Crippen LogP contribution < -0.4 is 9.62 Å². The maximum Gasteiger partial charge on any atom is 0.244 e. The van der Waals surface area contributed by atoms with Crippen molar-refractivity contribution in [2.75, 3.05) is 17.1 Å². The van der Waals surface area contributed by atoms with Crippen LogP contribution in [0, 0.1) is 20.8 Å². The molecule has 2 aromatic rings. The summed E-state index contributed by atoms with van der Waals surface area (Å²) in [4.78, 5) is 28.2. The van der Waals surface area contributed by atoms with Gasteiger partial charge in [0.1, 0.15) is 12.6 Å². The van der Waals surface area contributed by atoms with Crippen molar-refractivity contribution in [3.8, 4) is 0 Å². The van der Waals surface area contributed by atoms with Gasteiger partial charge in [0.05, 0.1) is 11.9 Å². The van der Waals surface area contributed by atoms with E-state index in [0.717, 1.165) is 32.8 Å². The van der Waals surface area contributed by atoms with Crippen molar-refractivity contribution in [2.45, 2.75) is 66.6 Å². The molecule has 0 unspecified atom stereocenters. The highest BCUT2D eigenvalue weighted by atomic mass is 32.2. The van der Waals surface area contributed by atoms with E-state index >= 15 is 0 Å². The first-order chi connectivity index (χ1) is 15.8. The summed E-state index contributed by atoms with van der Waals surface area (Å²) >= 11 is 0. The van der Waals surface area contributed by atoms with Crippen molar-refractivity contribution in [3.63, 3.8) is 0 Å². The Bertz CT molecular complexity index is 1130. The van der Waals surface area contributed by atoms with E-state index in [-0.39, 0.29) is 25.0 Å². The zero-order chi connectivity index (χ0) is 25.6. The third-order valence-corrected chi connectivity index (χ3v) is 6.68. The fraction of sp³-hybridized carbons (Fsp3) is 0.462. The van der Waals surface area contributed by atoms with Crippen molar-refractivity contribution in [1.82, 2.24) is 10.2 Å². The van der Waals surface area contributed by atoms with E-state index in [9.17, 15) is 18.0 Å². The van der Waals surface area contributed by atoms with Crippen LogP contribution >= 0.6 is 0 Å². The van der Waals surface area contributed by atoms with E-state index in [2.05, 4.69) is 5.32 Å². The molecule has 0 saturated carbocycles. The van der Waals surface area contributed by atoms with Crippen molar-refractivity contribution < 1.29 is 18.0 Å². The number of amides is 2. The zero-order valence-electron chi connectivity index (χ0n) is 21.3. The molecule has 1 N–H and O–H groups in total. The minimum Gasteiger partial charge on any atom is -0.352 e.